The van der Waals surface area contributed by atoms with Crippen molar-refractivity contribution in [2.45, 2.75) is 13.8 Å². The molecule has 0 unspecified atom stereocenters. The van der Waals surface area contributed by atoms with Crippen molar-refractivity contribution < 1.29 is 9.13 Å². The maximum atomic E-state index is 13.2. The molecular weight excluding hydrogens is 179 g/mol. The Hall–Kier alpha value is -1.31. The minimum absolute atomic E-state index is 0.0582. The van der Waals surface area contributed by atoms with Gasteiger partial charge in [0.1, 0.15) is 11.6 Å². The topological polar surface area (TPSA) is 9.23 Å². The van der Waals surface area contributed by atoms with Crippen LogP contribution in [0, 0.1) is 5.92 Å². The van der Waals surface area contributed by atoms with Gasteiger partial charge in [-0.05, 0) is 23.8 Å². The molecule has 2 heteroatoms. The molecule has 0 aliphatic rings. The van der Waals surface area contributed by atoms with Crippen LogP contribution in [0.1, 0.15) is 19.4 Å². The minimum Gasteiger partial charge on any atom is -0.497 e. The van der Waals surface area contributed by atoms with Crippen LogP contribution in [0.3, 0.4) is 0 Å². The third-order valence-corrected chi connectivity index (χ3v) is 1.97. The number of halogens is 1. The molecule has 0 aliphatic heterocycles. The van der Waals surface area contributed by atoms with Crippen LogP contribution >= 0.6 is 0 Å². The molecule has 0 amide bonds. The first-order valence-electron chi connectivity index (χ1n) is 4.64. The Morgan fingerprint density at radius 1 is 1.29 bits per heavy atom. The van der Waals surface area contributed by atoms with Crippen molar-refractivity contribution >= 4 is 6.08 Å². The SMILES string of the molecule is COc1ccc(/C=C(\F)C(C)C)cc1. The molecule has 0 radical (unpaired) electrons. The zero-order valence-corrected chi connectivity index (χ0v) is 8.75. The molecule has 1 rings (SSSR count). The molecular formula is C12H15FO. The lowest BCUT2D eigenvalue weighted by molar-refractivity contribution is 0.415. The number of rotatable bonds is 3. The maximum Gasteiger partial charge on any atom is 0.118 e. The summed E-state index contributed by atoms with van der Waals surface area (Å²) in [7, 11) is 1.61. The summed E-state index contributed by atoms with van der Waals surface area (Å²) in [5.74, 6) is 0.624. The number of allylic oxidation sites excluding steroid dienone is 1. The second-order valence-corrected chi connectivity index (χ2v) is 3.46. The lowest BCUT2D eigenvalue weighted by atomic mass is 10.1. The van der Waals surface area contributed by atoms with Crippen LogP contribution in [0.4, 0.5) is 4.39 Å². The highest BCUT2D eigenvalue weighted by Gasteiger charge is 2.00. The van der Waals surface area contributed by atoms with E-state index < -0.39 is 0 Å². The summed E-state index contributed by atoms with van der Waals surface area (Å²) in [5, 5.41) is 0. The fourth-order valence-corrected chi connectivity index (χ4v) is 1.03. The smallest absolute Gasteiger partial charge is 0.118 e. The third-order valence-electron chi connectivity index (χ3n) is 1.97. The fraction of sp³-hybridized carbons (Fsp3) is 0.333. The van der Waals surface area contributed by atoms with Crippen LogP contribution in [0.2, 0.25) is 0 Å². The van der Waals surface area contributed by atoms with Gasteiger partial charge < -0.3 is 4.74 Å². The molecule has 0 bridgehead atoms. The van der Waals surface area contributed by atoms with Gasteiger partial charge in [-0.1, -0.05) is 26.0 Å². The molecule has 0 aromatic heterocycles. The van der Waals surface area contributed by atoms with E-state index in [0.29, 0.717) is 0 Å². The Balaban J connectivity index is 2.83. The number of hydrogen-bond acceptors (Lipinski definition) is 1. The zero-order valence-electron chi connectivity index (χ0n) is 8.75. The number of ether oxygens (including phenoxy) is 1. The Morgan fingerprint density at radius 3 is 2.29 bits per heavy atom. The van der Waals surface area contributed by atoms with Crippen molar-refractivity contribution in [2.75, 3.05) is 7.11 Å². The van der Waals surface area contributed by atoms with Crippen LogP contribution in [0.15, 0.2) is 30.1 Å². The van der Waals surface area contributed by atoms with Gasteiger partial charge in [-0.25, -0.2) is 4.39 Å². The van der Waals surface area contributed by atoms with E-state index in [9.17, 15) is 4.39 Å². The Labute approximate surface area is 84.2 Å². The van der Waals surface area contributed by atoms with Gasteiger partial charge in [-0.2, -0.15) is 0 Å². The fourth-order valence-electron chi connectivity index (χ4n) is 1.03. The Kier molecular flexibility index (Phi) is 3.69. The van der Waals surface area contributed by atoms with Crippen LogP contribution in [0.25, 0.3) is 6.08 Å². The highest BCUT2D eigenvalue weighted by atomic mass is 19.1. The van der Waals surface area contributed by atoms with Crippen LogP contribution in [-0.4, -0.2) is 7.11 Å². The van der Waals surface area contributed by atoms with Crippen LogP contribution in [0.5, 0.6) is 5.75 Å². The molecule has 0 atom stereocenters. The summed E-state index contributed by atoms with van der Waals surface area (Å²) < 4.78 is 18.2. The molecule has 0 aliphatic carbocycles. The van der Waals surface area contributed by atoms with E-state index in [1.54, 1.807) is 13.2 Å². The van der Waals surface area contributed by atoms with Gasteiger partial charge in [0, 0.05) is 5.92 Å². The number of hydrogen-bond donors (Lipinski definition) is 0. The van der Waals surface area contributed by atoms with E-state index in [2.05, 4.69) is 0 Å². The molecule has 76 valence electrons. The average molecular weight is 194 g/mol. The molecule has 14 heavy (non-hydrogen) atoms. The first kappa shape index (κ1) is 10.8. The van der Waals surface area contributed by atoms with Crippen LogP contribution < -0.4 is 4.74 Å². The average Bonchev–Trinajstić information content (AvgIpc) is 2.19. The second kappa shape index (κ2) is 4.80. The van der Waals surface area contributed by atoms with Gasteiger partial charge in [0.25, 0.3) is 0 Å². The summed E-state index contributed by atoms with van der Waals surface area (Å²) in [4.78, 5) is 0. The minimum atomic E-state index is -0.102. The molecule has 0 fully saturated rings. The van der Waals surface area contributed by atoms with E-state index in [-0.39, 0.29) is 11.7 Å². The normalized spacial score (nSPS) is 11.9. The molecule has 1 nitrogen and oxygen atoms in total. The summed E-state index contributed by atoms with van der Waals surface area (Å²) >= 11 is 0. The van der Waals surface area contributed by atoms with Crippen molar-refractivity contribution in [1.29, 1.82) is 0 Å². The van der Waals surface area contributed by atoms with Crippen molar-refractivity contribution in [2.24, 2.45) is 5.92 Å². The molecule has 0 heterocycles. The van der Waals surface area contributed by atoms with E-state index in [0.717, 1.165) is 11.3 Å². The molecule has 0 spiro atoms. The van der Waals surface area contributed by atoms with Gasteiger partial charge in [-0.3, -0.25) is 0 Å². The summed E-state index contributed by atoms with van der Waals surface area (Å²) in [6, 6.07) is 7.31. The first-order chi connectivity index (χ1) is 6.63. The lowest BCUT2D eigenvalue weighted by Gasteiger charge is -2.02. The highest BCUT2D eigenvalue weighted by molar-refractivity contribution is 5.52. The number of benzene rings is 1. The third kappa shape index (κ3) is 2.87. The quantitative estimate of drug-likeness (QED) is 0.713. The second-order valence-electron chi connectivity index (χ2n) is 3.46. The van der Waals surface area contributed by atoms with Crippen molar-refractivity contribution in [3.63, 3.8) is 0 Å². The summed E-state index contributed by atoms with van der Waals surface area (Å²) in [6.45, 7) is 3.66. The predicted octanol–water partition coefficient (Wildman–Crippen LogP) is 3.66. The van der Waals surface area contributed by atoms with Gasteiger partial charge >= 0.3 is 0 Å². The predicted molar refractivity (Wildman–Crippen MR) is 56.9 cm³/mol. The van der Waals surface area contributed by atoms with Crippen molar-refractivity contribution in [3.8, 4) is 5.75 Å². The Morgan fingerprint density at radius 2 is 1.86 bits per heavy atom. The largest absolute Gasteiger partial charge is 0.497 e. The van der Waals surface area contributed by atoms with E-state index in [1.165, 1.54) is 0 Å². The highest BCUT2D eigenvalue weighted by Crippen LogP contribution is 2.18. The summed E-state index contributed by atoms with van der Waals surface area (Å²) in [6.07, 6.45) is 1.55. The van der Waals surface area contributed by atoms with Gasteiger partial charge in [0.05, 0.1) is 7.11 Å². The van der Waals surface area contributed by atoms with Gasteiger partial charge in [0.15, 0.2) is 0 Å². The van der Waals surface area contributed by atoms with E-state index in [1.807, 2.05) is 38.1 Å². The standard InChI is InChI=1S/C12H15FO/c1-9(2)12(13)8-10-4-6-11(14-3)7-5-10/h4-9H,1-3H3/b12-8-. The molecule has 1 aromatic carbocycles. The summed E-state index contributed by atoms with van der Waals surface area (Å²) in [5.41, 5.74) is 0.858. The molecule has 0 N–H and O–H groups in total. The van der Waals surface area contributed by atoms with Gasteiger partial charge in [-0.15, -0.1) is 0 Å². The van der Waals surface area contributed by atoms with E-state index >= 15 is 0 Å². The Bertz CT molecular complexity index is 312. The number of methoxy groups -OCH3 is 1. The zero-order chi connectivity index (χ0) is 10.6. The molecule has 1 aromatic rings. The molecule has 0 saturated heterocycles. The van der Waals surface area contributed by atoms with E-state index in [4.69, 9.17) is 4.74 Å². The maximum absolute atomic E-state index is 13.2. The van der Waals surface area contributed by atoms with Gasteiger partial charge in [0.2, 0.25) is 0 Å². The lowest BCUT2D eigenvalue weighted by Crippen LogP contribution is -1.87. The van der Waals surface area contributed by atoms with Crippen molar-refractivity contribution in [1.82, 2.24) is 0 Å². The van der Waals surface area contributed by atoms with Crippen LogP contribution in [-0.2, 0) is 0 Å². The van der Waals surface area contributed by atoms with Crippen molar-refractivity contribution in [3.05, 3.63) is 35.7 Å². The first-order valence-corrected chi connectivity index (χ1v) is 4.64. The molecule has 0 saturated carbocycles. The monoisotopic (exact) mass is 194 g/mol.